The molecule has 0 unspecified atom stereocenters. The maximum absolute atomic E-state index is 9.25. The van der Waals surface area contributed by atoms with Crippen molar-refractivity contribution >= 4 is 34.1 Å². The molecule has 4 heteroatoms. The van der Waals surface area contributed by atoms with E-state index in [4.69, 9.17) is 0 Å². The number of fused-ring (bicyclic) bond motifs is 2. The lowest BCUT2D eigenvalue weighted by atomic mass is 10.00. The number of aromatic nitrogens is 1. The maximum atomic E-state index is 9.25. The van der Waals surface area contributed by atoms with E-state index in [1.807, 2.05) is 6.07 Å². The third-order valence-corrected chi connectivity index (χ3v) is 7.25. The molecule has 0 bridgehead atoms. The Hall–Kier alpha value is -5.66. The van der Waals surface area contributed by atoms with Crippen molar-refractivity contribution in [2.75, 3.05) is 9.80 Å². The molecule has 188 valence electrons. The zero-order valence-corrected chi connectivity index (χ0v) is 21.6. The van der Waals surface area contributed by atoms with Gasteiger partial charge in [-0.05, 0) is 71.8 Å². The highest BCUT2D eigenvalue weighted by molar-refractivity contribution is 6.01. The lowest BCUT2D eigenvalue weighted by Crippen LogP contribution is -2.23. The van der Waals surface area contributed by atoms with Gasteiger partial charge in [-0.1, -0.05) is 78.9 Å². The van der Waals surface area contributed by atoms with Crippen molar-refractivity contribution in [2.24, 2.45) is 0 Å². The number of anilines is 6. The molecule has 0 spiro atoms. The van der Waals surface area contributed by atoms with E-state index < -0.39 is 0 Å². The average molecular weight is 513 g/mol. The Labute approximate surface area is 233 Å². The van der Waals surface area contributed by atoms with Crippen LogP contribution in [0.2, 0.25) is 0 Å². The fraction of sp³-hybridized carbons (Fsp3) is 0. The monoisotopic (exact) mass is 512 g/mol. The second-order valence-corrected chi connectivity index (χ2v) is 9.65. The van der Waals surface area contributed by atoms with E-state index in [9.17, 15) is 5.26 Å². The standard InChI is InChI=1S/C36H24N4/c37-25-26-21-22-38-32(23-26)28-19-17-27(18-20-28)29-9-8-12-31(24-29)40-35-15-6-4-13-33(35)39(30-10-2-1-3-11-30)34-14-5-7-16-36(34)40/h1-24H. The highest BCUT2D eigenvalue weighted by Gasteiger charge is 2.29. The van der Waals surface area contributed by atoms with Crippen molar-refractivity contribution in [3.63, 3.8) is 0 Å². The number of hydrogen-bond donors (Lipinski definition) is 0. The first-order valence-corrected chi connectivity index (χ1v) is 13.2. The molecule has 0 radical (unpaired) electrons. The molecule has 0 N–H and O–H groups in total. The van der Waals surface area contributed by atoms with E-state index in [2.05, 4.69) is 148 Å². The van der Waals surface area contributed by atoms with Crippen molar-refractivity contribution in [2.45, 2.75) is 0 Å². The molecule has 0 saturated carbocycles. The van der Waals surface area contributed by atoms with Gasteiger partial charge >= 0.3 is 0 Å². The van der Waals surface area contributed by atoms with Crippen molar-refractivity contribution in [1.29, 1.82) is 5.26 Å². The molecule has 0 fully saturated rings. The molecule has 5 aromatic carbocycles. The largest absolute Gasteiger partial charge is 0.306 e. The highest BCUT2D eigenvalue weighted by Crippen LogP contribution is 2.54. The average Bonchev–Trinajstić information content (AvgIpc) is 3.04. The van der Waals surface area contributed by atoms with Crippen LogP contribution in [0, 0.1) is 11.3 Å². The highest BCUT2D eigenvalue weighted by atomic mass is 15.3. The summed E-state index contributed by atoms with van der Waals surface area (Å²) in [6.07, 6.45) is 1.68. The van der Waals surface area contributed by atoms with Crippen LogP contribution in [0.4, 0.5) is 34.1 Å². The van der Waals surface area contributed by atoms with Gasteiger partial charge in [-0.25, -0.2) is 0 Å². The molecule has 0 amide bonds. The van der Waals surface area contributed by atoms with Crippen LogP contribution in [-0.2, 0) is 0 Å². The number of benzene rings is 5. The fourth-order valence-electron chi connectivity index (χ4n) is 5.39. The smallest absolute Gasteiger partial charge is 0.0992 e. The summed E-state index contributed by atoms with van der Waals surface area (Å²) in [7, 11) is 0. The second-order valence-electron chi connectivity index (χ2n) is 9.65. The minimum atomic E-state index is 0.606. The quantitative estimate of drug-likeness (QED) is 0.235. The predicted molar refractivity (Wildman–Crippen MR) is 163 cm³/mol. The number of nitriles is 1. The third-order valence-electron chi connectivity index (χ3n) is 7.25. The first-order chi connectivity index (χ1) is 19.8. The van der Waals surface area contributed by atoms with Crippen molar-refractivity contribution in [3.05, 3.63) is 151 Å². The summed E-state index contributed by atoms with van der Waals surface area (Å²) in [5.74, 6) is 0. The van der Waals surface area contributed by atoms with Crippen molar-refractivity contribution in [1.82, 2.24) is 4.98 Å². The summed E-state index contributed by atoms with van der Waals surface area (Å²) in [4.78, 5) is 9.12. The van der Waals surface area contributed by atoms with Crippen LogP contribution < -0.4 is 9.80 Å². The topological polar surface area (TPSA) is 43.2 Å². The Morgan fingerprint density at radius 3 is 1.65 bits per heavy atom. The van der Waals surface area contributed by atoms with Gasteiger partial charge < -0.3 is 9.80 Å². The van der Waals surface area contributed by atoms with Crippen LogP contribution in [0.3, 0.4) is 0 Å². The molecule has 7 rings (SSSR count). The Morgan fingerprint density at radius 2 is 1.02 bits per heavy atom. The molecule has 6 aromatic rings. The Bertz CT molecular complexity index is 1820. The van der Waals surface area contributed by atoms with Crippen LogP contribution in [0.5, 0.6) is 0 Å². The number of pyridine rings is 1. The minimum Gasteiger partial charge on any atom is -0.306 e. The second kappa shape index (κ2) is 9.90. The summed E-state index contributed by atoms with van der Waals surface area (Å²) >= 11 is 0. The van der Waals surface area contributed by atoms with Crippen LogP contribution in [0.25, 0.3) is 22.4 Å². The van der Waals surface area contributed by atoms with E-state index in [0.29, 0.717) is 5.56 Å². The van der Waals surface area contributed by atoms with Crippen LogP contribution in [0.1, 0.15) is 5.56 Å². The van der Waals surface area contributed by atoms with Gasteiger partial charge in [0, 0.05) is 23.1 Å². The molecular formula is C36H24N4. The van der Waals surface area contributed by atoms with Crippen molar-refractivity contribution < 1.29 is 0 Å². The molecule has 1 aromatic heterocycles. The molecule has 0 atom stereocenters. The molecular weight excluding hydrogens is 488 g/mol. The molecule has 40 heavy (non-hydrogen) atoms. The van der Waals surface area contributed by atoms with Gasteiger partial charge in [0.1, 0.15) is 0 Å². The minimum absolute atomic E-state index is 0.606. The summed E-state index contributed by atoms with van der Waals surface area (Å²) in [6.45, 7) is 0. The van der Waals surface area contributed by atoms with Crippen LogP contribution in [0.15, 0.2) is 146 Å². The Kier molecular flexibility index (Phi) is 5.81. The van der Waals surface area contributed by atoms with Gasteiger partial charge in [0.25, 0.3) is 0 Å². The number of para-hydroxylation sites is 5. The van der Waals surface area contributed by atoms with Gasteiger partial charge in [0.15, 0.2) is 0 Å². The first-order valence-electron chi connectivity index (χ1n) is 13.2. The molecule has 1 aliphatic heterocycles. The lowest BCUT2D eigenvalue weighted by molar-refractivity contribution is 1.17. The molecule has 4 nitrogen and oxygen atoms in total. The summed E-state index contributed by atoms with van der Waals surface area (Å²) < 4.78 is 0. The molecule has 2 heterocycles. The Morgan fingerprint density at radius 1 is 0.475 bits per heavy atom. The fourth-order valence-corrected chi connectivity index (χ4v) is 5.39. The summed E-state index contributed by atoms with van der Waals surface area (Å²) in [5, 5.41) is 9.25. The number of nitrogens with zero attached hydrogens (tertiary/aromatic N) is 4. The van der Waals surface area contributed by atoms with Gasteiger partial charge in [0.2, 0.25) is 0 Å². The summed E-state index contributed by atoms with van der Waals surface area (Å²) in [6, 6.07) is 50.4. The molecule has 0 aliphatic carbocycles. The lowest BCUT2D eigenvalue weighted by Gasteiger charge is -2.40. The summed E-state index contributed by atoms with van der Waals surface area (Å²) in [5.41, 5.74) is 11.4. The molecule has 0 saturated heterocycles. The molecule has 1 aliphatic rings. The van der Waals surface area contributed by atoms with Gasteiger partial charge in [0.05, 0.1) is 40.1 Å². The normalized spacial score (nSPS) is 11.9. The predicted octanol–water partition coefficient (Wildman–Crippen LogP) is 9.54. The number of rotatable bonds is 4. The zero-order chi connectivity index (χ0) is 26.9. The van der Waals surface area contributed by atoms with E-state index in [-0.39, 0.29) is 0 Å². The van der Waals surface area contributed by atoms with E-state index in [1.165, 1.54) is 0 Å². The van der Waals surface area contributed by atoms with Crippen LogP contribution in [-0.4, -0.2) is 4.98 Å². The first kappa shape index (κ1) is 23.5. The third kappa shape index (κ3) is 4.07. The van der Waals surface area contributed by atoms with Gasteiger partial charge in [-0.15, -0.1) is 0 Å². The SMILES string of the molecule is N#Cc1ccnc(-c2ccc(-c3cccc(N4c5ccccc5N(c5ccccc5)c5ccccc54)c3)cc2)c1. The maximum Gasteiger partial charge on any atom is 0.0992 e. The van der Waals surface area contributed by atoms with Crippen molar-refractivity contribution in [3.8, 4) is 28.5 Å². The van der Waals surface area contributed by atoms with E-state index in [0.717, 1.165) is 56.5 Å². The van der Waals surface area contributed by atoms with E-state index >= 15 is 0 Å². The van der Waals surface area contributed by atoms with Crippen LogP contribution >= 0.6 is 0 Å². The van der Waals surface area contributed by atoms with E-state index in [1.54, 1.807) is 12.3 Å². The van der Waals surface area contributed by atoms with Gasteiger partial charge in [-0.3, -0.25) is 4.98 Å². The Balaban J connectivity index is 1.30. The zero-order valence-electron chi connectivity index (χ0n) is 21.6. The number of hydrogen-bond acceptors (Lipinski definition) is 4. The van der Waals surface area contributed by atoms with Gasteiger partial charge in [-0.2, -0.15) is 5.26 Å².